The summed E-state index contributed by atoms with van der Waals surface area (Å²) in [5.41, 5.74) is 5.33. The number of phosphoric ester groups is 1. The van der Waals surface area contributed by atoms with E-state index in [4.69, 9.17) is 24.3 Å². The van der Waals surface area contributed by atoms with E-state index in [1.54, 1.807) is 6.08 Å². The maximum Gasteiger partial charge on any atom is 0.472 e. The zero-order chi connectivity index (χ0) is 38.4. The van der Waals surface area contributed by atoms with Gasteiger partial charge in [-0.3, -0.25) is 23.4 Å². The molecule has 300 valence electrons. The summed E-state index contributed by atoms with van der Waals surface area (Å²) in [6, 6.07) is 0. The van der Waals surface area contributed by atoms with Crippen molar-refractivity contribution in [2.24, 2.45) is 5.73 Å². The van der Waals surface area contributed by atoms with E-state index in [1.807, 2.05) is 12.2 Å². The van der Waals surface area contributed by atoms with Gasteiger partial charge in [-0.1, -0.05) is 121 Å². The molecule has 11 heteroatoms. The predicted octanol–water partition coefficient (Wildman–Crippen LogP) is 10.3. The normalized spacial score (nSPS) is 13.8. The standard InChI is InChI=1S/C41H72NO9P/c1-3-5-7-9-11-12-13-14-15-16-17-18-20-24-29-33-41(45)51-39(37-50-52(46,47)49-35-34-42)36-48-40(44)32-28-25-21-23-27-31-38(43)30-26-22-19-10-8-6-4-2/h11-12,14-15,19,22,26,30,39H,3-10,13,16-18,20-21,23-25,27-29,31-37,42H2,1-2H3,(H,46,47)/b12-11-,15-14-,22-19-,30-26+/t39-/m1/s1. The van der Waals surface area contributed by atoms with Crippen LogP contribution in [0.3, 0.4) is 0 Å². The molecule has 10 nitrogen and oxygen atoms in total. The highest BCUT2D eigenvalue weighted by atomic mass is 31.2. The summed E-state index contributed by atoms with van der Waals surface area (Å²) in [6.07, 6.45) is 36.7. The minimum absolute atomic E-state index is 0.0318. The number of unbranched alkanes of at least 4 members (excludes halogenated alkanes) is 15. The summed E-state index contributed by atoms with van der Waals surface area (Å²) in [5.74, 6) is -0.821. The van der Waals surface area contributed by atoms with Gasteiger partial charge in [0, 0.05) is 25.8 Å². The summed E-state index contributed by atoms with van der Waals surface area (Å²) in [5, 5.41) is 0. The fraction of sp³-hybridized carbons (Fsp3) is 0.732. The molecule has 0 aliphatic rings. The molecular formula is C41H72NO9P. The van der Waals surface area contributed by atoms with E-state index < -0.39 is 32.5 Å². The van der Waals surface area contributed by atoms with Gasteiger partial charge < -0.3 is 20.1 Å². The molecule has 0 heterocycles. The number of rotatable bonds is 37. The Morgan fingerprint density at radius 2 is 1.17 bits per heavy atom. The van der Waals surface area contributed by atoms with Gasteiger partial charge in [0.25, 0.3) is 0 Å². The van der Waals surface area contributed by atoms with Crippen molar-refractivity contribution in [3.8, 4) is 0 Å². The van der Waals surface area contributed by atoms with Crippen molar-refractivity contribution in [2.45, 2.75) is 168 Å². The summed E-state index contributed by atoms with van der Waals surface area (Å²) < 4.78 is 32.6. The number of carbonyl (C=O) groups is 3. The molecular weight excluding hydrogens is 681 g/mol. The van der Waals surface area contributed by atoms with E-state index in [9.17, 15) is 23.8 Å². The van der Waals surface area contributed by atoms with Gasteiger partial charge in [0.1, 0.15) is 6.61 Å². The van der Waals surface area contributed by atoms with E-state index in [0.29, 0.717) is 19.3 Å². The molecule has 0 aromatic rings. The summed E-state index contributed by atoms with van der Waals surface area (Å²) >= 11 is 0. The first-order chi connectivity index (χ1) is 25.2. The molecule has 0 aromatic heterocycles. The Labute approximate surface area is 315 Å². The quantitative estimate of drug-likeness (QED) is 0.0157. The van der Waals surface area contributed by atoms with Gasteiger partial charge in [-0.25, -0.2) is 4.57 Å². The van der Waals surface area contributed by atoms with Crippen LogP contribution in [0.15, 0.2) is 48.6 Å². The number of nitrogens with two attached hydrogens (primary N) is 1. The summed E-state index contributed by atoms with van der Waals surface area (Å²) in [4.78, 5) is 46.8. The van der Waals surface area contributed by atoms with Crippen molar-refractivity contribution < 1.29 is 42.4 Å². The average Bonchev–Trinajstić information content (AvgIpc) is 3.12. The largest absolute Gasteiger partial charge is 0.472 e. The van der Waals surface area contributed by atoms with Crippen LogP contribution < -0.4 is 5.73 Å². The van der Waals surface area contributed by atoms with Crippen LogP contribution in [0.5, 0.6) is 0 Å². The first-order valence-electron chi connectivity index (χ1n) is 20.1. The summed E-state index contributed by atoms with van der Waals surface area (Å²) in [7, 11) is -4.41. The Morgan fingerprint density at radius 3 is 1.79 bits per heavy atom. The van der Waals surface area contributed by atoms with Crippen LogP contribution in [0.4, 0.5) is 0 Å². The smallest absolute Gasteiger partial charge is 0.462 e. The third kappa shape index (κ3) is 36.0. The lowest BCUT2D eigenvalue weighted by Gasteiger charge is -2.19. The molecule has 0 aromatic carbocycles. The Kier molecular flexibility index (Phi) is 35.3. The fourth-order valence-electron chi connectivity index (χ4n) is 5.11. The number of allylic oxidation sites excluding steroid dienone is 8. The second-order valence-electron chi connectivity index (χ2n) is 13.2. The maximum absolute atomic E-state index is 12.5. The van der Waals surface area contributed by atoms with Crippen molar-refractivity contribution >= 4 is 25.5 Å². The molecule has 0 saturated heterocycles. The molecule has 0 aliphatic carbocycles. The number of ether oxygens (including phenoxy) is 2. The molecule has 0 bridgehead atoms. The molecule has 52 heavy (non-hydrogen) atoms. The molecule has 0 fully saturated rings. The average molecular weight is 754 g/mol. The highest BCUT2D eigenvalue weighted by molar-refractivity contribution is 7.47. The van der Waals surface area contributed by atoms with Crippen molar-refractivity contribution in [1.82, 2.24) is 0 Å². The highest BCUT2D eigenvalue weighted by Gasteiger charge is 2.26. The van der Waals surface area contributed by atoms with Crippen molar-refractivity contribution in [1.29, 1.82) is 0 Å². The van der Waals surface area contributed by atoms with Crippen molar-refractivity contribution in [2.75, 3.05) is 26.4 Å². The van der Waals surface area contributed by atoms with Crippen LogP contribution in [-0.4, -0.2) is 55.1 Å². The Hall–Kier alpha value is -2.36. The topological polar surface area (TPSA) is 151 Å². The van der Waals surface area contributed by atoms with Crippen LogP contribution in [-0.2, 0) is 37.5 Å². The van der Waals surface area contributed by atoms with E-state index in [0.717, 1.165) is 77.0 Å². The number of phosphoric acid groups is 1. The van der Waals surface area contributed by atoms with Crippen molar-refractivity contribution in [3.05, 3.63) is 48.6 Å². The van der Waals surface area contributed by atoms with E-state index in [2.05, 4.69) is 44.2 Å². The monoisotopic (exact) mass is 753 g/mol. The van der Waals surface area contributed by atoms with E-state index >= 15 is 0 Å². The lowest BCUT2D eigenvalue weighted by Crippen LogP contribution is -2.29. The number of hydrogen-bond donors (Lipinski definition) is 2. The zero-order valence-corrected chi connectivity index (χ0v) is 33.4. The molecule has 0 spiro atoms. The maximum atomic E-state index is 12.5. The molecule has 0 radical (unpaired) electrons. The molecule has 3 N–H and O–H groups in total. The number of esters is 2. The molecule has 0 aliphatic heterocycles. The second-order valence-corrected chi connectivity index (χ2v) is 14.6. The van der Waals surface area contributed by atoms with E-state index in [1.165, 1.54) is 38.5 Å². The molecule has 2 atom stereocenters. The highest BCUT2D eigenvalue weighted by Crippen LogP contribution is 2.43. The van der Waals surface area contributed by atoms with Gasteiger partial charge in [-0.15, -0.1) is 0 Å². The van der Waals surface area contributed by atoms with Crippen LogP contribution in [0.25, 0.3) is 0 Å². The molecule has 0 amide bonds. The van der Waals surface area contributed by atoms with Crippen molar-refractivity contribution in [3.63, 3.8) is 0 Å². The first kappa shape index (κ1) is 49.6. The molecule has 0 rings (SSSR count). The van der Waals surface area contributed by atoms with E-state index in [-0.39, 0.29) is 38.4 Å². The van der Waals surface area contributed by atoms with Gasteiger partial charge in [-0.05, 0) is 70.3 Å². The Morgan fingerprint density at radius 1 is 0.635 bits per heavy atom. The third-order valence-corrected chi connectivity index (χ3v) is 9.15. The lowest BCUT2D eigenvalue weighted by molar-refractivity contribution is -0.161. The lowest BCUT2D eigenvalue weighted by atomic mass is 10.1. The van der Waals surface area contributed by atoms with Gasteiger partial charge in [0.05, 0.1) is 13.2 Å². The number of carbonyl (C=O) groups excluding carboxylic acids is 3. The minimum Gasteiger partial charge on any atom is -0.462 e. The fourth-order valence-corrected chi connectivity index (χ4v) is 5.88. The first-order valence-corrected chi connectivity index (χ1v) is 21.6. The molecule has 1 unspecified atom stereocenters. The van der Waals surface area contributed by atoms with Gasteiger partial charge in [-0.2, -0.15) is 0 Å². The second kappa shape index (κ2) is 37.0. The van der Waals surface area contributed by atoms with Crippen LogP contribution >= 0.6 is 7.82 Å². The van der Waals surface area contributed by atoms with Crippen LogP contribution in [0, 0.1) is 0 Å². The zero-order valence-electron chi connectivity index (χ0n) is 32.5. The van der Waals surface area contributed by atoms with Crippen LogP contribution in [0.1, 0.15) is 162 Å². The van der Waals surface area contributed by atoms with Crippen LogP contribution in [0.2, 0.25) is 0 Å². The Balaban J connectivity index is 4.32. The predicted molar refractivity (Wildman–Crippen MR) is 211 cm³/mol. The van der Waals surface area contributed by atoms with Gasteiger partial charge >= 0.3 is 19.8 Å². The third-order valence-electron chi connectivity index (χ3n) is 8.16. The summed E-state index contributed by atoms with van der Waals surface area (Å²) in [6.45, 7) is 3.48. The van der Waals surface area contributed by atoms with Gasteiger partial charge in [0.15, 0.2) is 11.9 Å². The Bertz CT molecular complexity index is 1060. The minimum atomic E-state index is -4.41. The number of hydrogen-bond acceptors (Lipinski definition) is 9. The van der Waals surface area contributed by atoms with Gasteiger partial charge in [0.2, 0.25) is 0 Å². The molecule has 0 saturated carbocycles. The number of ketones is 1. The SMILES string of the molecule is CCCCC/C=C\C=C\C(=O)CCCCCCCC(=O)OC[C@H](COP(=O)(O)OCCN)OC(=O)CCCCCCC/C=C\C/C=C\CCCCC.